The zero-order valence-corrected chi connectivity index (χ0v) is 7.07. The zero-order valence-electron chi connectivity index (χ0n) is 7.07. The van der Waals surface area contributed by atoms with Gasteiger partial charge in [-0.3, -0.25) is 0 Å². The molecule has 0 atom stereocenters. The molecule has 2 aliphatic heterocycles. The molecule has 0 bridgehead atoms. The molecular formula is C9H8N2O2. The van der Waals surface area contributed by atoms with Crippen molar-refractivity contribution < 1.29 is 9.53 Å². The van der Waals surface area contributed by atoms with Crippen molar-refractivity contribution in [2.75, 3.05) is 7.11 Å². The lowest BCUT2D eigenvalue weighted by molar-refractivity contribution is 0.0594. The van der Waals surface area contributed by atoms with Crippen LogP contribution in [0, 0.1) is 0 Å². The summed E-state index contributed by atoms with van der Waals surface area (Å²) in [4.78, 5) is 18.0. The minimum atomic E-state index is -0.384. The Bertz CT molecular complexity index is 408. The molecule has 0 unspecified atom stereocenters. The molecule has 66 valence electrons. The Labute approximate surface area is 74.9 Å². The molecule has 0 aromatic carbocycles. The highest BCUT2D eigenvalue weighted by atomic mass is 16.5. The minimum Gasteiger partial charge on any atom is -0.464 e. The lowest BCUT2D eigenvalue weighted by atomic mass is 10.2. The molecule has 13 heavy (non-hydrogen) atoms. The van der Waals surface area contributed by atoms with Gasteiger partial charge in [0.25, 0.3) is 0 Å². The number of hydrogen-bond donors (Lipinski definition) is 1. The Morgan fingerprint density at radius 2 is 2.31 bits per heavy atom. The average Bonchev–Trinajstić information content (AvgIpc) is 2.63. The quantitative estimate of drug-likeness (QED) is 0.666. The van der Waals surface area contributed by atoms with Crippen LogP contribution in [0.2, 0.25) is 0 Å². The molecule has 0 radical (unpaired) electrons. The number of H-pyrrole nitrogens is 1. The van der Waals surface area contributed by atoms with Crippen molar-refractivity contribution in [1.29, 1.82) is 0 Å². The van der Waals surface area contributed by atoms with Gasteiger partial charge in [0.15, 0.2) is 0 Å². The molecule has 0 aliphatic carbocycles. The third-order valence-corrected chi connectivity index (χ3v) is 1.82. The van der Waals surface area contributed by atoms with Gasteiger partial charge < -0.3 is 9.72 Å². The van der Waals surface area contributed by atoms with E-state index < -0.39 is 0 Å². The summed E-state index contributed by atoms with van der Waals surface area (Å²) in [6.45, 7) is 0. The van der Waals surface area contributed by atoms with Gasteiger partial charge in [0, 0.05) is 11.8 Å². The van der Waals surface area contributed by atoms with Crippen LogP contribution >= 0.6 is 0 Å². The van der Waals surface area contributed by atoms with E-state index in [9.17, 15) is 4.79 Å². The van der Waals surface area contributed by atoms with Gasteiger partial charge in [-0.1, -0.05) is 0 Å². The SMILES string of the molecule is COC(=O)c1ccc2ccnc-2[nH]1. The standard InChI is InChI=1S/C9H8N2O2/c1-13-9(12)7-3-2-6-4-5-10-8(6)11-7/h2-5H,1H3,(H,10,11). The summed E-state index contributed by atoms with van der Waals surface area (Å²) >= 11 is 0. The van der Waals surface area contributed by atoms with E-state index in [0.717, 1.165) is 5.56 Å². The fourth-order valence-electron chi connectivity index (χ4n) is 1.16. The topological polar surface area (TPSA) is 55.0 Å². The number of fused-ring (bicyclic) bond motifs is 1. The Balaban J connectivity index is 2.49. The van der Waals surface area contributed by atoms with E-state index in [1.807, 2.05) is 12.1 Å². The molecule has 0 spiro atoms. The van der Waals surface area contributed by atoms with E-state index in [-0.39, 0.29) is 5.97 Å². The summed E-state index contributed by atoms with van der Waals surface area (Å²) in [6.07, 6.45) is 1.68. The predicted molar refractivity (Wildman–Crippen MR) is 46.5 cm³/mol. The Hall–Kier alpha value is -1.84. The molecule has 0 saturated carbocycles. The maximum Gasteiger partial charge on any atom is 0.354 e. The predicted octanol–water partition coefficient (Wildman–Crippen LogP) is 1.30. The molecule has 1 N–H and O–H groups in total. The van der Waals surface area contributed by atoms with E-state index >= 15 is 0 Å². The van der Waals surface area contributed by atoms with E-state index in [1.54, 1.807) is 12.3 Å². The molecule has 0 aromatic heterocycles. The second-order valence-electron chi connectivity index (χ2n) is 2.61. The average molecular weight is 176 g/mol. The molecule has 2 rings (SSSR count). The zero-order chi connectivity index (χ0) is 9.26. The molecule has 2 heterocycles. The molecule has 4 heteroatoms. The second-order valence-corrected chi connectivity index (χ2v) is 2.61. The van der Waals surface area contributed by atoms with E-state index in [2.05, 4.69) is 14.7 Å². The highest BCUT2D eigenvalue weighted by Crippen LogP contribution is 2.17. The van der Waals surface area contributed by atoms with Crippen LogP contribution in [0.25, 0.3) is 11.4 Å². The lowest BCUT2D eigenvalue weighted by Crippen LogP contribution is -2.04. The number of aromatic nitrogens is 2. The first-order chi connectivity index (χ1) is 6.31. The summed E-state index contributed by atoms with van der Waals surface area (Å²) in [5.74, 6) is 0.313. The van der Waals surface area contributed by atoms with Crippen molar-refractivity contribution in [3.8, 4) is 11.4 Å². The molecule has 0 aromatic rings. The summed E-state index contributed by atoms with van der Waals surface area (Å²) in [6, 6.07) is 5.37. The number of nitrogens with one attached hydrogen (secondary N) is 1. The van der Waals surface area contributed by atoms with Crippen molar-refractivity contribution in [2.45, 2.75) is 0 Å². The number of hydrogen-bond acceptors (Lipinski definition) is 3. The number of nitrogens with zero attached hydrogens (tertiary/aromatic N) is 1. The van der Waals surface area contributed by atoms with Crippen LogP contribution in [0.4, 0.5) is 0 Å². The fourth-order valence-corrected chi connectivity index (χ4v) is 1.16. The number of rotatable bonds is 1. The largest absolute Gasteiger partial charge is 0.464 e. The number of carbonyl (C=O) groups is 1. The van der Waals surface area contributed by atoms with Crippen LogP contribution in [0.3, 0.4) is 0 Å². The number of methoxy groups -OCH3 is 1. The van der Waals surface area contributed by atoms with Crippen LogP contribution in [-0.2, 0) is 4.74 Å². The number of carbonyl (C=O) groups excluding carboxylic acids is 1. The third-order valence-electron chi connectivity index (χ3n) is 1.82. The van der Waals surface area contributed by atoms with Gasteiger partial charge in [0.05, 0.1) is 7.11 Å². The highest BCUT2D eigenvalue weighted by Gasteiger charge is 2.09. The molecule has 2 aliphatic rings. The Morgan fingerprint density at radius 1 is 1.46 bits per heavy atom. The van der Waals surface area contributed by atoms with Crippen LogP contribution in [0.1, 0.15) is 10.5 Å². The summed E-state index contributed by atoms with van der Waals surface area (Å²) in [5, 5.41) is 0. The van der Waals surface area contributed by atoms with E-state index in [4.69, 9.17) is 0 Å². The van der Waals surface area contributed by atoms with Crippen molar-refractivity contribution in [1.82, 2.24) is 9.97 Å². The van der Waals surface area contributed by atoms with Gasteiger partial charge in [0.2, 0.25) is 0 Å². The molecule has 4 nitrogen and oxygen atoms in total. The summed E-state index contributed by atoms with van der Waals surface area (Å²) in [7, 11) is 1.35. The summed E-state index contributed by atoms with van der Waals surface area (Å²) < 4.78 is 4.56. The first kappa shape index (κ1) is 7.79. The normalized spacial score (nSPS) is 10.2. The number of ether oxygens (including phenoxy) is 1. The third kappa shape index (κ3) is 1.26. The monoisotopic (exact) mass is 176 g/mol. The number of pyridine rings is 1. The van der Waals surface area contributed by atoms with Gasteiger partial charge in [0.1, 0.15) is 11.5 Å². The van der Waals surface area contributed by atoms with Crippen LogP contribution in [0.5, 0.6) is 0 Å². The van der Waals surface area contributed by atoms with Crippen LogP contribution in [-0.4, -0.2) is 23.0 Å². The van der Waals surface area contributed by atoms with Crippen molar-refractivity contribution >= 4 is 5.97 Å². The minimum absolute atomic E-state index is 0.384. The molecule has 0 saturated heterocycles. The molecule has 0 amide bonds. The van der Waals surface area contributed by atoms with Gasteiger partial charge >= 0.3 is 5.97 Å². The maximum absolute atomic E-state index is 11.1. The fraction of sp³-hybridized carbons (Fsp3) is 0.111. The molecular weight excluding hydrogens is 168 g/mol. The van der Waals surface area contributed by atoms with E-state index in [0.29, 0.717) is 11.5 Å². The maximum atomic E-state index is 11.1. The van der Waals surface area contributed by atoms with Gasteiger partial charge in [-0.2, -0.15) is 0 Å². The Kier molecular flexibility index (Phi) is 1.73. The first-order valence-electron chi connectivity index (χ1n) is 3.83. The van der Waals surface area contributed by atoms with E-state index in [1.165, 1.54) is 7.11 Å². The highest BCUT2D eigenvalue weighted by molar-refractivity contribution is 5.88. The van der Waals surface area contributed by atoms with Gasteiger partial charge in [-0.25, -0.2) is 9.78 Å². The Morgan fingerprint density at radius 3 is 3.08 bits per heavy atom. The van der Waals surface area contributed by atoms with Crippen molar-refractivity contribution in [3.05, 3.63) is 30.1 Å². The van der Waals surface area contributed by atoms with Crippen LogP contribution in [0.15, 0.2) is 24.4 Å². The number of esters is 1. The lowest BCUT2D eigenvalue weighted by Gasteiger charge is -2.02. The summed E-state index contributed by atoms with van der Waals surface area (Å²) in [5.41, 5.74) is 1.39. The smallest absolute Gasteiger partial charge is 0.354 e. The van der Waals surface area contributed by atoms with Crippen molar-refractivity contribution in [2.24, 2.45) is 0 Å². The first-order valence-corrected chi connectivity index (χ1v) is 3.83. The number of aromatic amines is 1. The van der Waals surface area contributed by atoms with Crippen LogP contribution < -0.4 is 0 Å². The second kappa shape index (κ2) is 2.90. The molecule has 0 fully saturated rings. The van der Waals surface area contributed by atoms with Crippen molar-refractivity contribution in [3.63, 3.8) is 0 Å². The van der Waals surface area contributed by atoms with Gasteiger partial charge in [-0.05, 0) is 18.2 Å². The van der Waals surface area contributed by atoms with Gasteiger partial charge in [-0.15, -0.1) is 0 Å².